The van der Waals surface area contributed by atoms with E-state index in [9.17, 15) is 0 Å². The lowest BCUT2D eigenvalue weighted by molar-refractivity contribution is 0.378. The molecule has 1 aliphatic rings. The van der Waals surface area contributed by atoms with Crippen molar-refractivity contribution in [3.63, 3.8) is 0 Å². The lowest BCUT2D eigenvalue weighted by Crippen LogP contribution is -2.28. The van der Waals surface area contributed by atoms with Crippen molar-refractivity contribution in [1.29, 1.82) is 0 Å². The molecule has 0 aromatic rings. The fraction of sp³-hybridized carbons (Fsp3) is 1.00. The van der Waals surface area contributed by atoms with Gasteiger partial charge in [0, 0.05) is 12.6 Å². The Hall–Kier alpha value is -0.0400. The van der Waals surface area contributed by atoms with Crippen LogP contribution in [0.1, 0.15) is 33.6 Å². The van der Waals surface area contributed by atoms with Gasteiger partial charge in [0.2, 0.25) is 0 Å². The molecular formula is C8H17N. The zero-order chi connectivity index (χ0) is 6.91. The first-order chi connectivity index (χ1) is 4.08. The molecule has 1 aliphatic carbocycles. The maximum atomic E-state index is 3.50. The van der Waals surface area contributed by atoms with Gasteiger partial charge in [0.25, 0.3) is 0 Å². The number of hydrogen-bond donors (Lipinski definition) is 1. The van der Waals surface area contributed by atoms with Crippen molar-refractivity contribution in [3.8, 4) is 0 Å². The summed E-state index contributed by atoms with van der Waals surface area (Å²) in [7, 11) is 0. The first-order valence-corrected chi connectivity index (χ1v) is 3.81. The van der Waals surface area contributed by atoms with Crippen LogP contribution in [-0.2, 0) is 0 Å². The monoisotopic (exact) mass is 127 g/mol. The van der Waals surface area contributed by atoms with Gasteiger partial charge in [-0.1, -0.05) is 20.8 Å². The second-order valence-corrected chi connectivity index (χ2v) is 4.22. The lowest BCUT2D eigenvalue weighted by atomic mass is 9.97. The zero-order valence-electron chi connectivity index (χ0n) is 6.70. The van der Waals surface area contributed by atoms with Crippen LogP contribution in [0.25, 0.3) is 0 Å². The van der Waals surface area contributed by atoms with E-state index in [4.69, 9.17) is 0 Å². The van der Waals surface area contributed by atoms with Crippen molar-refractivity contribution in [2.24, 2.45) is 5.41 Å². The smallest absolute Gasteiger partial charge is 0.00684 e. The second-order valence-electron chi connectivity index (χ2n) is 4.22. The zero-order valence-corrected chi connectivity index (χ0v) is 6.70. The van der Waals surface area contributed by atoms with Gasteiger partial charge in [0.15, 0.2) is 0 Å². The van der Waals surface area contributed by atoms with Crippen LogP contribution >= 0.6 is 0 Å². The summed E-state index contributed by atoms with van der Waals surface area (Å²) >= 11 is 0. The van der Waals surface area contributed by atoms with Crippen molar-refractivity contribution in [2.45, 2.75) is 39.7 Å². The molecule has 1 heteroatoms. The Labute approximate surface area is 57.8 Å². The molecule has 0 bridgehead atoms. The standard InChI is InChI=1S/C8H17N/c1-8(2,3)6-9-7-4-5-7/h7,9H,4-6H2,1-3H3. The predicted molar refractivity (Wildman–Crippen MR) is 40.5 cm³/mol. The molecule has 0 saturated heterocycles. The lowest BCUT2D eigenvalue weighted by Gasteiger charge is -2.18. The van der Waals surface area contributed by atoms with Crippen molar-refractivity contribution >= 4 is 0 Å². The van der Waals surface area contributed by atoms with E-state index in [-0.39, 0.29) is 0 Å². The molecule has 0 aromatic carbocycles. The first kappa shape index (κ1) is 7.07. The van der Waals surface area contributed by atoms with Crippen LogP contribution in [-0.4, -0.2) is 12.6 Å². The van der Waals surface area contributed by atoms with Crippen LogP contribution in [0, 0.1) is 5.41 Å². The van der Waals surface area contributed by atoms with Gasteiger partial charge in [-0.15, -0.1) is 0 Å². The average Bonchev–Trinajstić information content (AvgIpc) is 2.38. The SMILES string of the molecule is CC(C)(C)CNC1CC1. The van der Waals surface area contributed by atoms with Gasteiger partial charge >= 0.3 is 0 Å². The van der Waals surface area contributed by atoms with Crippen LogP contribution in [0.3, 0.4) is 0 Å². The van der Waals surface area contributed by atoms with E-state index in [0.29, 0.717) is 5.41 Å². The molecule has 1 fully saturated rings. The molecular weight excluding hydrogens is 110 g/mol. The molecule has 0 heterocycles. The summed E-state index contributed by atoms with van der Waals surface area (Å²) in [6.07, 6.45) is 2.80. The molecule has 0 spiro atoms. The minimum Gasteiger partial charge on any atom is -0.313 e. The molecule has 54 valence electrons. The number of hydrogen-bond acceptors (Lipinski definition) is 1. The Morgan fingerprint density at radius 1 is 1.33 bits per heavy atom. The summed E-state index contributed by atoms with van der Waals surface area (Å²) in [5, 5.41) is 3.50. The van der Waals surface area contributed by atoms with Crippen LogP contribution in [0.5, 0.6) is 0 Å². The molecule has 0 amide bonds. The third kappa shape index (κ3) is 3.52. The van der Waals surface area contributed by atoms with E-state index in [1.54, 1.807) is 0 Å². The third-order valence-corrected chi connectivity index (χ3v) is 1.50. The Bertz CT molecular complexity index is 87.2. The minimum atomic E-state index is 0.461. The second kappa shape index (κ2) is 2.30. The highest BCUT2D eigenvalue weighted by Crippen LogP contribution is 2.20. The van der Waals surface area contributed by atoms with Gasteiger partial charge in [-0.3, -0.25) is 0 Å². The van der Waals surface area contributed by atoms with E-state index >= 15 is 0 Å². The third-order valence-electron chi connectivity index (χ3n) is 1.50. The predicted octanol–water partition coefficient (Wildman–Crippen LogP) is 1.78. The van der Waals surface area contributed by atoms with Gasteiger partial charge in [-0.05, 0) is 18.3 Å². The fourth-order valence-electron chi connectivity index (χ4n) is 0.738. The molecule has 0 atom stereocenters. The molecule has 1 nitrogen and oxygen atoms in total. The van der Waals surface area contributed by atoms with Crippen LogP contribution in [0.4, 0.5) is 0 Å². The topological polar surface area (TPSA) is 12.0 Å². The highest BCUT2D eigenvalue weighted by molar-refractivity contribution is 4.82. The van der Waals surface area contributed by atoms with Gasteiger partial charge in [0.1, 0.15) is 0 Å². The summed E-state index contributed by atoms with van der Waals surface area (Å²) < 4.78 is 0. The first-order valence-electron chi connectivity index (χ1n) is 3.81. The summed E-state index contributed by atoms with van der Waals surface area (Å²) in [4.78, 5) is 0. The van der Waals surface area contributed by atoms with E-state index in [1.807, 2.05) is 0 Å². The summed E-state index contributed by atoms with van der Waals surface area (Å²) in [6.45, 7) is 7.96. The van der Waals surface area contributed by atoms with Crippen LogP contribution in [0.15, 0.2) is 0 Å². The Morgan fingerprint density at radius 2 is 1.89 bits per heavy atom. The Kier molecular flexibility index (Phi) is 1.80. The van der Waals surface area contributed by atoms with E-state index < -0.39 is 0 Å². The molecule has 0 unspecified atom stereocenters. The highest BCUT2D eigenvalue weighted by Gasteiger charge is 2.22. The summed E-state index contributed by atoms with van der Waals surface area (Å²) in [6, 6.07) is 0.865. The molecule has 1 rings (SSSR count). The summed E-state index contributed by atoms with van der Waals surface area (Å²) in [5.41, 5.74) is 0.461. The van der Waals surface area contributed by atoms with E-state index in [2.05, 4.69) is 26.1 Å². The molecule has 0 aromatic heterocycles. The van der Waals surface area contributed by atoms with Gasteiger partial charge < -0.3 is 5.32 Å². The Balaban J connectivity index is 2.03. The van der Waals surface area contributed by atoms with Crippen molar-refractivity contribution < 1.29 is 0 Å². The van der Waals surface area contributed by atoms with Crippen molar-refractivity contribution in [1.82, 2.24) is 5.32 Å². The van der Waals surface area contributed by atoms with Crippen LogP contribution in [0.2, 0.25) is 0 Å². The highest BCUT2D eigenvalue weighted by atomic mass is 14.9. The van der Waals surface area contributed by atoms with Gasteiger partial charge in [-0.25, -0.2) is 0 Å². The van der Waals surface area contributed by atoms with Crippen molar-refractivity contribution in [2.75, 3.05) is 6.54 Å². The number of rotatable bonds is 2. The maximum Gasteiger partial charge on any atom is 0.00684 e. The maximum absolute atomic E-state index is 3.50. The van der Waals surface area contributed by atoms with E-state index in [0.717, 1.165) is 12.6 Å². The van der Waals surface area contributed by atoms with E-state index in [1.165, 1.54) is 12.8 Å². The molecule has 0 radical (unpaired) electrons. The molecule has 1 saturated carbocycles. The summed E-state index contributed by atoms with van der Waals surface area (Å²) in [5.74, 6) is 0. The van der Waals surface area contributed by atoms with Crippen molar-refractivity contribution in [3.05, 3.63) is 0 Å². The molecule has 0 aliphatic heterocycles. The quantitative estimate of drug-likeness (QED) is 0.596. The normalized spacial score (nSPS) is 20.3. The molecule has 9 heavy (non-hydrogen) atoms. The van der Waals surface area contributed by atoms with Gasteiger partial charge in [0.05, 0.1) is 0 Å². The van der Waals surface area contributed by atoms with Crippen LogP contribution < -0.4 is 5.32 Å². The fourth-order valence-corrected chi connectivity index (χ4v) is 0.738. The molecule has 1 N–H and O–H groups in total. The number of nitrogens with one attached hydrogen (secondary N) is 1. The minimum absolute atomic E-state index is 0.461. The average molecular weight is 127 g/mol. The van der Waals surface area contributed by atoms with Gasteiger partial charge in [-0.2, -0.15) is 0 Å². The Morgan fingerprint density at radius 3 is 2.22 bits per heavy atom. The largest absolute Gasteiger partial charge is 0.313 e.